The SMILES string of the molecule is CCOCCCN(CC(=O)c1c(C)c(C(=O)OC)n(CC)c1C)C(=O)CC(C)C. The maximum atomic E-state index is 13.2. The van der Waals surface area contributed by atoms with Crippen LogP contribution in [0.25, 0.3) is 0 Å². The topological polar surface area (TPSA) is 77.8 Å². The zero-order valence-electron chi connectivity index (χ0n) is 19.0. The van der Waals surface area contributed by atoms with Gasteiger partial charge >= 0.3 is 5.97 Å². The van der Waals surface area contributed by atoms with E-state index < -0.39 is 5.97 Å². The molecule has 0 fully saturated rings. The molecule has 0 aliphatic carbocycles. The highest BCUT2D eigenvalue weighted by atomic mass is 16.5. The minimum Gasteiger partial charge on any atom is -0.464 e. The molecule has 0 saturated heterocycles. The second-order valence-electron chi connectivity index (χ2n) is 7.56. The van der Waals surface area contributed by atoms with E-state index in [4.69, 9.17) is 9.47 Å². The number of amides is 1. The molecule has 164 valence electrons. The molecule has 0 atom stereocenters. The fourth-order valence-electron chi connectivity index (χ4n) is 3.59. The Kier molecular flexibility index (Phi) is 10.1. The van der Waals surface area contributed by atoms with Crippen molar-refractivity contribution in [1.29, 1.82) is 0 Å². The van der Waals surface area contributed by atoms with Crippen molar-refractivity contribution in [3.8, 4) is 0 Å². The van der Waals surface area contributed by atoms with Crippen LogP contribution in [0, 0.1) is 19.8 Å². The largest absolute Gasteiger partial charge is 0.464 e. The van der Waals surface area contributed by atoms with Gasteiger partial charge in [0.25, 0.3) is 0 Å². The maximum absolute atomic E-state index is 13.2. The predicted octanol–water partition coefficient (Wildman–Crippen LogP) is 3.40. The average molecular weight is 409 g/mol. The van der Waals surface area contributed by atoms with Crippen molar-refractivity contribution in [1.82, 2.24) is 9.47 Å². The molecule has 1 amide bonds. The number of carbonyl (C=O) groups excluding carboxylic acids is 3. The molecule has 0 saturated carbocycles. The lowest BCUT2D eigenvalue weighted by molar-refractivity contribution is -0.131. The Balaban J connectivity index is 3.14. The summed E-state index contributed by atoms with van der Waals surface area (Å²) in [4.78, 5) is 39.7. The second-order valence-corrected chi connectivity index (χ2v) is 7.56. The summed E-state index contributed by atoms with van der Waals surface area (Å²) in [5, 5.41) is 0. The van der Waals surface area contributed by atoms with E-state index in [1.54, 1.807) is 16.4 Å². The van der Waals surface area contributed by atoms with Crippen molar-refractivity contribution in [2.75, 3.05) is 33.4 Å². The summed E-state index contributed by atoms with van der Waals surface area (Å²) < 4.78 is 12.1. The molecule has 0 spiro atoms. The summed E-state index contributed by atoms with van der Waals surface area (Å²) in [6, 6.07) is 0. The number of ether oxygens (including phenoxy) is 2. The van der Waals surface area contributed by atoms with Crippen LogP contribution < -0.4 is 0 Å². The lowest BCUT2D eigenvalue weighted by Crippen LogP contribution is -2.37. The normalized spacial score (nSPS) is 11.0. The quantitative estimate of drug-likeness (QED) is 0.301. The third kappa shape index (κ3) is 6.42. The van der Waals surface area contributed by atoms with Crippen LogP contribution in [-0.2, 0) is 20.8 Å². The van der Waals surface area contributed by atoms with E-state index in [0.29, 0.717) is 56.0 Å². The van der Waals surface area contributed by atoms with Crippen molar-refractivity contribution in [2.45, 2.75) is 60.9 Å². The highest BCUT2D eigenvalue weighted by molar-refractivity contribution is 6.04. The first-order valence-corrected chi connectivity index (χ1v) is 10.4. The number of Topliss-reactive ketones (excluding diaryl/α,β-unsaturated/α-hetero) is 1. The first-order chi connectivity index (χ1) is 13.7. The summed E-state index contributed by atoms with van der Waals surface area (Å²) in [5.41, 5.74) is 2.22. The first kappa shape index (κ1) is 24.9. The van der Waals surface area contributed by atoms with E-state index in [-0.39, 0.29) is 24.2 Å². The first-order valence-electron chi connectivity index (χ1n) is 10.4. The average Bonchev–Trinajstić information content (AvgIpc) is 2.92. The van der Waals surface area contributed by atoms with Crippen LogP contribution in [0.15, 0.2) is 0 Å². The van der Waals surface area contributed by atoms with Gasteiger partial charge in [0.2, 0.25) is 5.91 Å². The molecule has 0 aliphatic heterocycles. The summed E-state index contributed by atoms with van der Waals surface area (Å²) in [6.45, 7) is 13.6. The monoisotopic (exact) mass is 408 g/mol. The Morgan fingerprint density at radius 1 is 1.14 bits per heavy atom. The Morgan fingerprint density at radius 2 is 1.79 bits per heavy atom. The van der Waals surface area contributed by atoms with Crippen molar-refractivity contribution < 1.29 is 23.9 Å². The van der Waals surface area contributed by atoms with Crippen LogP contribution in [0.3, 0.4) is 0 Å². The molecule has 0 aromatic carbocycles. The predicted molar refractivity (Wildman–Crippen MR) is 112 cm³/mol. The lowest BCUT2D eigenvalue weighted by Gasteiger charge is -2.23. The van der Waals surface area contributed by atoms with Gasteiger partial charge in [0.05, 0.1) is 13.7 Å². The van der Waals surface area contributed by atoms with Crippen molar-refractivity contribution >= 4 is 17.7 Å². The van der Waals surface area contributed by atoms with Gasteiger partial charge in [-0.2, -0.15) is 0 Å². The minimum absolute atomic E-state index is 0.00625. The molecule has 1 aromatic heterocycles. The van der Waals surface area contributed by atoms with E-state index in [2.05, 4.69) is 0 Å². The van der Waals surface area contributed by atoms with Crippen LogP contribution in [0.4, 0.5) is 0 Å². The van der Waals surface area contributed by atoms with Gasteiger partial charge in [-0.3, -0.25) is 9.59 Å². The van der Waals surface area contributed by atoms with E-state index in [1.165, 1.54) is 7.11 Å². The summed E-state index contributed by atoms with van der Waals surface area (Å²) >= 11 is 0. The van der Waals surface area contributed by atoms with E-state index in [1.807, 2.05) is 34.6 Å². The van der Waals surface area contributed by atoms with Crippen LogP contribution in [0.5, 0.6) is 0 Å². The molecule has 0 radical (unpaired) electrons. The van der Waals surface area contributed by atoms with Gasteiger partial charge in [0.1, 0.15) is 5.69 Å². The van der Waals surface area contributed by atoms with Gasteiger partial charge < -0.3 is 18.9 Å². The molecule has 1 heterocycles. The molecule has 1 aromatic rings. The number of esters is 1. The standard InChI is InChI=1S/C22H36N2O5/c1-8-24-17(6)20(16(5)21(24)22(27)28-7)18(25)14-23(11-10-12-29-9-2)19(26)13-15(3)4/h15H,8-14H2,1-7H3. The lowest BCUT2D eigenvalue weighted by atomic mass is 10.0. The number of rotatable bonds is 12. The zero-order valence-corrected chi connectivity index (χ0v) is 19.0. The summed E-state index contributed by atoms with van der Waals surface area (Å²) in [7, 11) is 1.33. The third-order valence-corrected chi connectivity index (χ3v) is 4.93. The van der Waals surface area contributed by atoms with Crippen molar-refractivity contribution in [3.63, 3.8) is 0 Å². The van der Waals surface area contributed by atoms with Gasteiger partial charge in [-0.15, -0.1) is 0 Å². The Morgan fingerprint density at radius 3 is 2.31 bits per heavy atom. The van der Waals surface area contributed by atoms with Crippen molar-refractivity contribution in [2.24, 2.45) is 5.92 Å². The minimum atomic E-state index is -0.462. The number of nitrogens with zero attached hydrogens (tertiary/aromatic N) is 2. The van der Waals surface area contributed by atoms with Gasteiger partial charge in [-0.25, -0.2) is 4.79 Å². The molecule has 0 aliphatic rings. The van der Waals surface area contributed by atoms with Gasteiger partial charge in [-0.05, 0) is 45.6 Å². The van der Waals surface area contributed by atoms with Crippen molar-refractivity contribution in [3.05, 3.63) is 22.5 Å². The van der Waals surface area contributed by atoms with Gasteiger partial charge in [-0.1, -0.05) is 13.8 Å². The Labute approximate surface area is 174 Å². The number of hydrogen-bond donors (Lipinski definition) is 0. The summed E-state index contributed by atoms with van der Waals surface area (Å²) in [6.07, 6.45) is 1.07. The molecule has 0 N–H and O–H groups in total. The maximum Gasteiger partial charge on any atom is 0.354 e. The van der Waals surface area contributed by atoms with Crippen LogP contribution >= 0.6 is 0 Å². The second kappa shape index (κ2) is 11.8. The number of ketones is 1. The molecular formula is C22H36N2O5. The number of methoxy groups -OCH3 is 1. The Hall–Kier alpha value is -2.15. The summed E-state index contributed by atoms with van der Waals surface area (Å²) in [5.74, 6) is -0.451. The third-order valence-electron chi connectivity index (χ3n) is 4.93. The molecule has 29 heavy (non-hydrogen) atoms. The van der Waals surface area contributed by atoms with E-state index in [0.717, 1.165) is 5.69 Å². The molecule has 7 heteroatoms. The number of hydrogen-bond acceptors (Lipinski definition) is 5. The molecule has 1 rings (SSSR count). The zero-order chi connectivity index (χ0) is 22.1. The molecule has 0 bridgehead atoms. The van der Waals surface area contributed by atoms with Crippen LogP contribution in [0.1, 0.15) is 72.6 Å². The smallest absolute Gasteiger partial charge is 0.354 e. The molecule has 7 nitrogen and oxygen atoms in total. The highest BCUT2D eigenvalue weighted by Crippen LogP contribution is 2.24. The number of carbonyl (C=O) groups is 3. The fourth-order valence-corrected chi connectivity index (χ4v) is 3.59. The Bertz CT molecular complexity index is 721. The molecule has 0 unspecified atom stereocenters. The van der Waals surface area contributed by atoms with Gasteiger partial charge in [0.15, 0.2) is 5.78 Å². The highest BCUT2D eigenvalue weighted by Gasteiger charge is 2.28. The van der Waals surface area contributed by atoms with Crippen LogP contribution in [0.2, 0.25) is 0 Å². The van der Waals surface area contributed by atoms with Crippen LogP contribution in [-0.4, -0.2) is 60.5 Å². The fraction of sp³-hybridized carbons (Fsp3) is 0.682. The molecular weight excluding hydrogens is 372 g/mol. The van der Waals surface area contributed by atoms with E-state index in [9.17, 15) is 14.4 Å². The number of aromatic nitrogens is 1. The van der Waals surface area contributed by atoms with Gasteiger partial charge in [0, 0.05) is 44.0 Å². The van der Waals surface area contributed by atoms with E-state index >= 15 is 0 Å².